The Morgan fingerprint density at radius 1 is 1.16 bits per heavy atom. The maximum absolute atomic E-state index is 12.3. The van der Waals surface area contributed by atoms with Crippen LogP contribution in [0, 0.1) is 13.8 Å². The lowest BCUT2D eigenvalue weighted by Gasteiger charge is -2.12. The summed E-state index contributed by atoms with van der Waals surface area (Å²) in [5, 5.41) is 2.90. The molecule has 0 atom stereocenters. The van der Waals surface area contributed by atoms with Gasteiger partial charge in [-0.25, -0.2) is 0 Å². The number of nitrogen functional groups attached to an aromatic ring is 1. The van der Waals surface area contributed by atoms with Crippen LogP contribution in [0.25, 0.3) is 0 Å². The van der Waals surface area contributed by atoms with Crippen LogP contribution < -0.4 is 11.1 Å². The minimum atomic E-state index is -0.180. The van der Waals surface area contributed by atoms with E-state index in [1.807, 2.05) is 44.2 Å². The van der Waals surface area contributed by atoms with Crippen LogP contribution in [-0.2, 0) is 0 Å². The van der Waals surface area contributed by atoms with E-state index < -0.39 is 0 Å². The number of nitrogens with one attached hydrogen (secondary N) is 1. The number of rotatable bonds is 2. The third-order valence-electron chi connectivity index (χ3n) is 2.97. The summed E-state index contributed by atoms with van der Waals surface area (Å²) in [6, 6.07) is 11.2. The minimum absolute atomic E-state index is 0.180. The van der Waals surface area contributed by atoms with Crippen LogP contribution in [-0.4, -0.2) is 5.91 Å². The van der Waals surface area contributed by atoms with Crippen molar-refractivity contribution in [3.8, 4) is 0 Å². The molecule has 0 aliphatic carbocycles. The number of anilines is 2. The monoisotopic (exact) mass is 318 g/mol. The van der Waals surface area contributed by atoms with Crippen molar-refractivity contribution in [2.45, 2.75) is 13.8 Å². The van der Waals surface area contributed by atoms with E-state index in [0.29, 0.717) is 11.3 Å². The molecule has 3 N–H and O–H groups in total. The fourth-order valence-corrected chi connectivity index (χ4v) is 2.43. The molecule has 2 aromatic carbocycles. The van der Waals surface area contributed by atoms with Gasteiger partial charge in [-0.3, -0.25) is 4.79 Å². The van der Waals surface area contributed by atoms with Gasteiger partial charge >= 0.3 is 0 Å². The predicted molar refractivity (Wildman–Crippen MR) is 82.4 cm³/mol. The van der Waals surface area contributed by atoms with E-state index >= 15 is 0 Å². The average molecular weight is 319 g/mol. The maximum atomic E-state index is 12.3. The van der Waals surface area contributed by atoms with Gasteiger partial charge in [0.15, 0.2) is 0 Å². The second-order valence-electron chi connectivity index (χ2n) is 4.45. The van der Waals surface area contributed by atoms with Crippen LogP contribution in [0.15, 0.2) is 40.9 Å². The van der Waals surface area contributed by atoms with Gasteiger partial charge in [0.1, 0.15) is 0 Å². The molecule has 0 heterocycles. The zero-order valence-electron chi connectivity index (χ0n) is 10.8. The lowest BCUT2D eigenvalue weighted by molar-refractivity contribution is 0.102. The van der Waals surface area contributed by atoms with Crippen LogP contribution in [0.3, 0.4) is 0 Å². The quantitative estimate of drug-likeness (QED) is 0.825. The Balaban J connectivity index is 2.31. The van der Waals surface area contributed by atoms with Crippen molar-refractivity contribution in [2.24, 2.45) is 0 Å². The van der Waals surface area contributed by atoms with Gasteiger partial charge in [0, 0.05) is 15.8 Å². The number of carbonyl (C=O) groups is 1. The molecule has 19 heavy (non-hydrogen) atoms. The molecule has 0 bridgehead atoms. The Labute approximate surface area is 121 Å². The molecule has 0 aromatic heterocycles. The molecule has 0 spiro atoms. The first kappa shape index (κ1) is 13.6. The van der Waals surface area contributed by atoms with Gasteiger partial charge < -0.3 is 11.1 Å². The van der Waals surface area contributed by atoms with Crippen molar-refractivity contribution in [2.75, 3.05) is 11.1 Å². The van der Waals surface area contributed by atoms with Gasteiger partial charge in [-0.1, -0.05) is 28.1 Å². The van der Waals surface area contributed by atoms with Crippen molar-refractivity contribution in [1.82, 2.24) is 0 Å². The zero-order chi connectivity index (χ0) is 14.0. The van der Waals surface area contributed by atoms with Gasteiger partial charge in [-0.15, -0.1) is 0 Å². The Morgan fingerprint density at radius 3 is 2.53 bits per heavy atom. The van der Waals surface area contributed by atoms with Crippen LogP contribution in [0.5, 0.6) is 0 Å². The molecule has 2 rings (SSSR count). The summed E-state index contributed by atoms with van der Waals surface area (Å²) < 4.78 is 0.985. The molecule has 0 radical (unpaired) electrons. The molecule has 0 aliphatic heterocycles. The number of aryl methyl sites for hydroxylation is 2. The van der Waals surface area contributed by atoms with Crippen LogP contribution in [0.2, 0.25) is 0 Å². The smallest absolute Gasteiger partial charge is 0.258 e. The summed E-state index contributed by atoms with van der Waals surface area (Å²) in [5.74, 6) is -0.180. The molecule has 2 aromatic rings. The van der Waals surface area contributed by atoms with Gasteiger partial charge in [-0.05, 0) is 49.2 Å². The zero-order valence-corrected chi connectivity index (χ0v) is 12.4. The van der Waals surface area contributed by atoms with Gasteiger partial charge in [-0.2, -0.15) is 0 Å². The molecular formula is C15H15BrN2O. The minimum Gasteiger partial charge on any atom is -0.398 e. The van der Waals surface area contributed by atoms with E-state index in [1.165, 1.54) is 0 Å². The van der Waals surface area contributed by atoms with Crippen molar-refractivity contribution in [3.05, 3.63) is 57.6 Å². The number of carbonyl (C=O) groups excluding carboxylic acids is 1. The Morgan fingerprint density at radius 2 is 1.89 bits per heavy atom. The molecule has 0 unspecified atom stereocenters. The summed E-state index contributed by atoms with van der Waals surface area (Å²) in [7, 11) is 0. The number of benzene rings is 2. The number of amides is 1. The predicted octanol–water partition coefficient (Wildman–Crippen LogP) is 3.90. The topological polar surface area (TPSA) is 55.1 Å². The fourth-order valence-electron chi connectivity index (χ4n) is 1.95. The van der Waals surface area contributed by atoms with Crippen LogP contribution in [0.4, 0.5) is 11.4 Å². The largest absolute Gasteiger partial charge is 0.398 e. The number of nitrogens with two attached hydrogens (primary N) is 1. The highest BCUT2D eigenvalue weighted by Crippen LogP contribution is 2.22. The SMILES string of the molecule is Cc1cc(Br)ccc1NC(=O)c1c(C)cccc1N. The molecular weight excluding hydrogens is 304 g/mol. The van der Waals surface area contributed by atoms with Crippen molar-refractivity contribution in [1.29, 1.82) is 0 Å². The number of hydrogen-bond donors (Lipinski definition) is 2. The normalized spacial score (nSPS) is 10.3. The number of halogens is 1. The van der Waals surface area contributed by atoms with Gasteiger partial charge in [0.05, 0.1) is 5.56 Å². The Hall–Kier alpha value is -1.81. The van der Waals surface area contributed by atoms with Crippen LogP contribution in [0.1, 0.15) is 21.5 Å². The van der Waals surface area contributed by atoms with Crippen molar-refractivity contribution >= 4 is 33.2 Å². The lowest BCUT2D eigenvalue weighted by atomic mass is 10.1. The summed E-state index contributed by atoms with van der Waals surface area (Å²) in [4.78, 5) is 12.3. The second-order valence-corrected chi connectivity index (χ2v) is 5.37. The Bertz CT molecular complexity index is 618. The summed E-state index contributed by atoms with van der Waals surface area (Å²) in [5.41, 5.74) is 9.55. The van der Waals surface area contributed by atoms with E-state index in [9.17, 15) is 4.79 Å². The molecule has 1 amide bonds. The lowest BCUT2D eigenvalue weighted by Crippen LogP contribution is -2.16. The summed E-state index contributed by atoms with van der Waals surface area (Å²) in [6.07, 6.45) is 0. The standard InChI is InChI=1S/C15H15BrN2O/c1-9-4-3-5-12(17)14(9)15(19)18-13-7-6-11(16)8-10(13)2/h3-8H,17H2,1-2H3,(H,18,19). The van der Waals surface area contributed by atoms with E-state index in [1.54, 1.807) is 6.07 Å². The first-order chi connectivity index (χ1) is 8.99. The second kappa shape index (κ2) is 5.45. The highest BCUT2D eigenvalue weighted by Gasteiger charge is 2.13. The third-order valence-corrected chi connectivity index (χ3v) is 3.46. The number of hydrogen-bond acceptors (Lipinski definition) is 2. The fraction of sp³-hybridized carbons (Fsp3) is 0.133. The summed E-state index contributed by atoms with van der Waals surface area (Å²) in [6.45, 7) is 3.82. The maximum Gasteiger partial charge on any atom is 0.258 e. The van der Waals surface area contributed by atoms with Crippen LogP contribution >= 0.6 is 15.9 Å². The van der Waals surface area contributed by atoms with Gasteiger partial charge in [0.25, 0.3) is 5.91 Å². The van der Waals surface area contributed by atoms with Crippen molar-refractivity contribution in [3.63, 3.8) is 0 Å². The first-order valence-corrected chi connectivity index (χ1v) is 6.71. The molecule has 0 aliphatic rings. The highest BCUT2D eigenvalue weighted by atomic mass is 79.9. The molecule has 0 saturated carbocycles. The molecule has 3 nitrogen and oxygen atoms in total. The Kier molecular flexibility index (Phi) is 3.90. The van der Waals surface area contributed by atoms with E-state index in [4.69, 9.17) is 5.73 Å². The first-order valence-electron chi connectivity index (χ1n) is 5.91. The van der Waals surface area contributed by atoms with Crippen molar-refractivity contribution < 1.29 is 4.79 Å². The third kappa shape index (κ3) is 2.96. The molecule has 0 saturated heterocycles. The van der Waals surface area contributed by atoms with Gasteiger partial charge in [0.2, 0.25) is 0 Å². The van der Waals surface area contributed by atoms with E-state index in [2.05, 4.69) is 21.2 Å². The highest BCUT2D eigenvalue weighted by molar-refractivity contribution is 9.10. The average Bonchev–Trinajstić information content (AvgIpc) is 2.32. The molecule has 4 heteroatoms. The van der Waals surface area contributed by atoms with E-state index in [0.717, 1.165) is 21.3 Å². The van der Waals surface area contributed by atoms with E-state index in [-0.39, 0.29) is 5.91 Å². The molecule has 98 valence electrons. The summed E-state index contributed by atoms with van der Waals surface area (Å²) >= 11 is 3.40. The molecule has 0 fully saturated rings.